The van der Waals surface area contributed by atoms with Gasteiger partial charge in [-0.3, -0.25) is 9.98 Å². The lowest BCUT2D eigenvalue weighted by Crippen LogP contribution is -1.99. The van der Waals surface area contributed by atoms with E-state index >= 15 is 0 Å². The van der Waals surface area contributed by atoms with E-state index in [0.29, 0.717) is 5.92 Å². The predicted molar refractivity (Wildman–Crippen MR) is 49.6 cm³/mol. The predicted octanol–water partition coefficient (Wildman–Crippen LogP) is 2.03. The van der Waals surface area contributed by atoms with Gasteiger partial charge in [0.25, 0.3) is 0 Å². The number of aliphatic imine (C=N–C) groups is 1. The molecule has 2 nitrogen and oxygen atoms in total. The fourth-order valence-corrected chi connectivity index (χ4v) is 1.59. The third-order valence-corrected chi connectivity index (χ3v) is 2.28. The van der Waals surface area contributed by atoms with E-state index in [-0.39, 0.29) is 0 Å². The van der Waals surface area contributed by atoms with Gasteiger partial charge >= 0.3 is 0 Å². The zero-order valence-corrected chi connectivity index (χ0v) is 7.20. The Labute approximate surface area is 72.4 Å². The molecule has 1 aliphatic rings. The highest BCUT2D eigenvalue weighted by molar-refractivity contribution is 5.84. The molecule has 0 radical (unpaired) electrons. The third kappa shape index (κ3) is 1.37. The summed E-state index contributed by atoms with van der Waals surface area (Å²) >= 11 is 0. The fraction of sp³-hybridized carbons (Fsp3) is 0.400. The SMILES string of the molecule is CC1=NCC(c2cccnc2)C1. The molecule has 1 atom stereocenters. The standard InChI is InChI=1S/C10H12N2/c1-8-5-10(7-12-8)9-3-2-4-11-6-9/h2-4,6,10H,5,7H2,1H3. The lowest BCUT2D eigenvalue weighted by molar-refractivity contribution is 0.773. The molecule has 0 aliphatic carbocycles. The van der Waals surface area contributed by atoms with Crippen LogP contribution in [0.1, 0.15) is 24.8 Å². The summed E-state index contributed by atoms with van der Waals surface area (Å²) in [6.07, 6.45) is 4.86. The minimum absolute atomic E-state index is 0.582. The van der Waals surface area contributed by atoms with Crippen molar-refractivity contribution in [2.75, 3.05) is 6.54 Å². The molecular formula is C10H12N2. The van der Waals surface area contributed by atoms with Gasteiger partial charge in [0, 0.05) is 30.6 Å². The van der Waals surface area contributed by atoms with Crippen molar-refractivity contribution in [1.29, 1.82) is 0 Å². The van der Waals surface area contributed by atoms with E-state index in [4.69, 9.17) is 0 Å². The fourth-order valence-electron chi connectivity index (χ4n) is 1.59. The summed E-state index contributed by atoms with van der Waals surface area (Å²) in [4.78, 5) is 8.49. The average molecular weight is 160 g/mol. The Bertz CT molecular complexity index is 290. The summed E-state index contributed by atoms with van der Waals surface area (Å²) in [5, 5.41) is 0. The Hall–Kier alpha value is -1.18. The molecule has 0 saturated heterocycles. The minimum atomic E-state index is 0.582. The normalized spacial score (nSPS) is 22.4. The molecule has 2 rings (SSSR count). The lowest BCUT2D eigenvalue weighted by atomic mass is 9.98. The number of aromatic nitrogens is 1. The summed E-state index contributed by atoms with van der Waals surface area (Å²) < 4.78 is 0. The molecule has 1 aromatic heterocycles. The van der Waals surface area contributed by atoms with E-state index in [0.717, 1.165) is 13.0 Å². The van der Waals surface area contributed by atoms with Crippen LogP contribution in [0.2, 0.25) is 0 Å². The van der Waals surface area contributed by atoms with Gasteiger partial charge in [-0.25, -0.2) is 0 Å². The Kier molecular flexibility index (Phi) is 1.90. The summed E-state index contributed by atoms with van der Waals surface area (Å²) in [6.45, 7) is 3.04. The quantitative estimate of drug-likeness (QED) is 0.617. The maximum absolute atomic E-state index is 4.38. The van der Waals surface area contributed by atoms with E-state index in [1.165, 1.54) is 11.3 Å². The topological polar surface area (TPSA) is 25.2 Å². The molecule has 12 heavy (non-hydrogen) atoms. The highest BCUT2D eigenvalue weighted by Gasteiger charge is 2.17. The van der Waals surface area contributed by atoms with Crippen molar-refractivity contribution in [2.45, 2.75) is 19.3 Å². The molecule has 62 valence electrons. The van der Waals surface area contributed by atoms with Crippen LogP contribution < -0.4 is 0 Å². The molecule has 1 aromatic rings. The van der Waals surface area contributed by atoms with E-state index in [2.05, 4.69) is 23.0 Å². The first-order valence-electron chi connectivity index (χ1n) is 4.26. The minimum Gasteiger partial charge on any atom is -0.294 e. The second kappa shape index (κ2) is 3.05. The maximum Gasteiger partial charge on any atom is 0.0461 e. The summed E-state index contributed by atoms with van der Waals surface area (Å²) in [5.74, 6) is 0.582. The first-order chi connectivity index (χ1) is 5.86. The maximum atomic E-state index is 4.38. The number of hydrogen-bond acceptors (Lipinski definition) is 2. The van der Waals surface area contributed by atoms with Crippen molar-refractivity contribution in [2.24, 2.45) is 4.99 Å². The van der Waals surface area contributed by atoms with Gasteiger partial charge in [-0.2, -0.15) is 0 Å². The van der Waals surface area contributed by atoms with Crippen LogP contribution in [-0.4, -0.2) is 17.2 Å². The molecule has 1 unspecified atom stereocenters. The molecule has 2 heteroatoms. The van der Waals surface area contributed by atoms with Crippen molar-refractivity contribution >= 4 is 5.71 Å². The molecular weight excluding hydrogens is 148 g/mol. The zero-order chi connectivity index (χ0) is 8.39. The second-order valence-corrected chi connectivity index (χ2v) is 3.26. The van der Waals surface area contributed by atoms with Crippen LogP contribution in [0.15, 0.2) is 29.5 Å². The van der Waals surface area contributed by atoms with Crippen LogP contribution in [0.5, 0.6) is 0 Å². The molecule has 0 N–H and O–H groups in total. The Morgan fingerprint density at radius 1 is 1.50 bits per heavy atom. The van der Waals surface area contributed by atoms with Gasteiger partial charge in [0.2, 0.25) is 0 Å². The number of rotatable bonds is 1. The van der Waals surface area contributed by atoms with Gasteiger partial charge in [0.05, 0.1) is 0 Å². The van der Waals surface area contributed by atoms with Crippen LogP contribution in [-0.2, 0) is 0 Å². The van der Waals surface area contributed by atoms with Crippen LogP contribution in [0.25, 0.3) is 0 Å². The summed E-state index contributed by atoms with van der Waals surface area (Å²) in [7, 11) is 0. The first kappa shape index (κ1) is 7.47. The summed E-state index contributed by atoms with van der Waals surface area (Å²) in [5.41, 5.74) is 2.59. The summed E-state index contributed by atoms with van der Waals surface area (Å²) in [6, 6.07) is 4.12. The largest absolute Gasteiger partial charge is 0.294 e. The number of nitrogens with zero attached hydrogens (tertiary/aromatic N) is 2. The van der Waals surface area contributed by atoms with Crippen LogP contribution in [0, 0.1) is 0 Å². The van der Waals surface area contributed by atoms with Crippen molar-refractivity contribution < 1.29 is 0 Å². The van der Waals surface area contributed by atoms with Gasteiger partial charge in [-0.15, -0.1) is 0 Å². The molecule has 0 amide bonds. The Balaban J connectivity index is 2.14. The molecule has 0 aromatic carbocycles. The smallest absolute Gasteiger partial charge is 0.0461 e. The lowest BCUT2D eigenvalue weighted by Gasteiger charge is -2.06. The van der Waals surface area contributed by atoms with Crippen molar-refractivity contribution in [1.82, 2.24) is 4.98 Å². The van der Waals surface area contributed by atoms with Crippen LogP contribution in [0.3, 0.4) is 0 Å². The number of pyridine rings is 1. The zero-order valence-electron chi connectivity index (χ0n) is 7.20. The van der Waals surface area contributed by atoms with Gasteiger partial charge in [-0.05, 0) is 25.0 Å². The Morgan fingerprint density at radius 2 is 2.42 bits per heavy atom. The first-order valence-corrected chi connectivity index (χ1v) is 4.26. The highest BCUT2D eigenvalue weighted by atomic mass is 14.8. The number of hydrogen-bond donors (Lipinski definition) is 0. The molecule has 0 saturated carbocycles. The molecule has 0 bridgehead atoms. The molecule has 2 heterocycles. The van der Waals surface area contributed by atoms with Crippen molar-refractivity contribution in [3.8, 4) is 0 Å². The van der Waals surface area contributed by atoms with Crippen molar-refractivity contribution in [3.05, 3.63) is 30.1 Å². The highest BCUT2D eigenvalue weighted by Crippen LogP contribution is 2.24. The van der Waals surface area contributed by atoms with Gasteiger partial charge in [-0.1, -0.05) is 6.07 Å². The second-order valence-electron chi connectivity index (χ2n) is 3.26. The average Bonchev–Trinajstić information content (AvgIpc) is 2.54. The van der Waals surface area contributed by atoms with E-state index < -0.39 is 0 Å². The van der Waals surface area contributed by atoms with E-state index in [1.54, 1.807) is 0 Å². The van der Waals surface area contributed by atoms with Gasteiger partial charge < -0.3 is 0 Å². The third-order valence-electron chi connectivity index (χ3n) is 2.28. The van der Waals surface area contributed by atoms with E-state index in [1.807, 2.05) is 18.5 Å². The van der Waals surface area contributed by atoms with Crippen LogP contribution in [0.4, 0.5) is 0 Å². The van der Waals surface area contributed by atoms with Gasteiger partial charge in [0.1, 0.15) is 0 Å². The van der Waals surface area contributed by atoms with Crippen LogP contribution >= 0.6 is 0 Å². The molecule has 1 aliphatic heterocycles. The van der Waals surface area contributed by atoms with Gasteiger partial charge in [0.15, 0.2) is 0 Å². The monoisotopic (exact) mass is 160 g/mol. The Morgan fingerprint density at radius 3 is 3.00 bits per heavy atom. The molecule has 0 fully saturated rings. The van der Waals surface area contributed by atoms with E-state index in [9.17, 15) is 0 Å². The molecule has 0 spiro atoms. The van der Waals surface area contributed by atoms with Crippen molar-refractivity contribution in [3.63, 3.8) is 0 Å².